The second kappa shape index (κ2) is 8.33. The largest absolute Gasteiger partial charge is 0.341 e. The fourth-order valence-electron chi connectivity index (χ4n) is 4.05. The van der Waals surface area contributed by atoms with Gasteiger partial charge >= 0.3 is 0 Å². The average molecular weight is 374 g/mol. The molecule has 0 bridgehead atoms. The van der Waals surface area contributed by atoms with E-state index in [1.165, 1.54) is 0 Å². The van der Waals surface area contributed by atoms with Gasteiger partial charge in [0, 0.05) is 58.0 Å². The summed E-state index contributed by atoms with van der Waals surface area (Å²) in [5, 5.41) is 0. The number of piperidine rings is 2. The van der Waals surface area contributed by atoms with Crippen molar-refractivity contribution >= 4 is 11.8 Å². The molecule has 27 heavy (non-hydrogen) atoms. The summed E-state index contributed by atoms with van der Waals surface area (Å²) in [4.78, 5) is 39.5. The number of aryl methyl sites for hydroxylation is 1. The fourth-order valence-corrected chi connectivity index (χ4v) is 4.05. The van der Waals surface area contributed by atoms with Gasteiger partial charge in [-0.2, -0.15) is 0 Å². The zero-order valence-electron chi connectivity index (χ0n) is 16.8. The van der Waals surface area contributed by atoms with Gasteiger partial charge in [-0.25, -0.2) is 9.97 Å². The lowest BCUT2D eigenvalue weighted by Crippen LogP contribution is -2.53. The summed E-state index contributed by atoms with van der Waals surface area (Å²) < 4.78 is 0. The third-order valence-electron chi connectivity index (χ3n) is 5.95. The van der Waals surface area contributed by atoms with Gasteiger partial charge < -0.3 is 14.7 Å². The second-order valence-corrected chi connectivity index (χ2v) is 8.15. The van der Waals surface area contributed by atoms with E-state index in [1.54, 1.807) is 12.4 Å². The van der Waals surface area contributed by atoms with E-state index in [4.69, 9.17) is 0 Å². The predicted molar refractivity (Wildman–Crippen MR) is 103 cm³/mol. The summed E-state index contributed by atoms with van der Waals surface area (Å²) in [6.07, 6.45) is 7.54. The van der Waals surface area contributed by atoms with Crippen molar-refractivity contribution in [2.45, 2.75) is 39.0 Å². The zero-order chi connectivity index (χ0) is 19.4. The van der Waals surface area contributed by atoms with Crippen LogP contribution >= 0.6 is 0 Å². The van der Waals surface area contributed by atoms with E-state index in [2.05, 4.69) is 14.9 Å². The van der Waals surface area contributed by atoms with Crippen molar-refractivity contribution < 1.29 is 9.59 Å². The van der Waals surface area contributed by atoms with Gasteiger partial charge in [-0.15, -0.1) is 0 Å². The molecule has 2 aliphatic heterocycles. The molecule has 0 aromatic carbocycles. The van der Waals surface area contributed by atoms with Crippen molar-refractivity contribution in [1.29, 1.82) is 0 Å². The van der Waals surface area contributed by atoms with Crippen LogP contribution < -0.4 is 0 Å². The quantitative estimate of drug-likeness (QED) is 0.781. The summed E-state index contributed by atoms with van der Waals surface area (Å²) in [6, 6.07) is 0. The van der Waals surface area contributed by atoms with Gasteiger partial charge in [0.15, 0.2) is 0 Å². The Bertz CT molecular complexity index is 665. The Morgan fingerprint density at radius 2 is 1.85 bits per heavy atom. The number of likely N-dealkylation sites (N-methyl/N-ethyl adjacent to an activating group) is 1. The monoisotopic (exact) mass is 373 g/mol. The highest BCUT2D eigenvalue weighted by Gasteiger charge is 2.41. The molecule has 3 rings (SSSR count). The smallest absolute Gasteiger partial charge is 0.256 e. The summed E-state index contributed by atoms with van der Waals surface area (Å²) >= 11 is 0. The van der Waals surface area contributed by atoms with Gasteiger partial charge in [-0.05, 0) is 38.8 Å². The molecule has 0 atom stereocenters. The molecule has 2 fully saturated rings. The topological polar surface area (TPSA) is 69.6 Å². The lowest BCUT2D eigenvalue weighted by atomic mass is 9.72. The van der Waals surface area contributed by atoms with Gasteiger partial charge in [0.05, 0.1) is 5.56 Å². The third-order valence-corrected chi connectivity index (χ3v) is 5.95. The highest BCUT2D eigenvalue weighted by molar-refractivity contribution is 5.93. The maximum absolute atomic E-state index is 12.7. The van der Waals surface area contributed by atoms with Crippen molar-refractivity contribution in [3.8, 4) is 0 Å². The van der Waals surface area contributed by atoms with Crippen molar-refractivity contribution in [2.24, 2.45) is 5.41 Å². The Morgan fingerprint density at radius 1 is 1.19 bits per heavy atom. The third kappa shape index (κ3) is 4.64. The van der Waals surface area contributed by atoms with Gasteiger partial charge in [0.2, 0.25) is 5.91 Å². The standard InChI is InChI=1S/C20H31N5O2/c1-4-17-21-13-16(14-22-17)19(27)24-9-7-20(8-10-24)6-5-18(26)25(15-20)12-11-23(2)3/h13-14H,4-12,15H2,1-3H3. The molecule has 1 aromatic heterocycles. The summed E-state index contributed by atoms with van der Waals surface area (Å²) in [5.74, 6) is 1.05. The molecule has 0 N–H and O–H groups in total. The molecule has 2 amide bonds. The van der Waals surface area contributed by atoms with Crippen molar-refractivity contribution in [2.75, 3.05) is 46.8 Å². The number of nitrogens with zero attached hydrogens (tertiary/aromatic N) is 5. The minimum Gasteiger partial charge on any atom is -0.341 e. The molecule has 3 heterocycles. The van der Waals surface area contributed by atoms with Gasteiger partial charge in [0.1, 0.15) is 5.82 Å². The van der Waals surface area contributed by atoms with Crippen LogP contribution in [-0.2, 0) is 11.2 Å². The number of carbonyl (C=O) groups is 2. The average Bonchev–Trinajstić information content (AvgIpc) is 2.69. The van der Waals surface area contributed by atoms with Crippen LogP contribution in [0.4, 0.5) is 0 Å². The molecule has 7 heteroatoms. The molecule has 0 saturated carbocycles. The number of rotatable bonds is 5. The Morgan fingerprint density at radius 3 is 2.44 bits per heavy atom. The van der Waals surface area contributed by atoms with Gasteiger partial charge in [0.25, 0.3) is 5.91 Å². The number of carbonyl (C=O) groups excluding carboxylic acids is 2. The molecule has 148 valence electrons. The van der Waals surface area contributed by atoms with Crippen LogP contribution in [-0.4, -0.2) is 83.3 Å². The predicted octanol–water partition coefficient (Wildman–Crippen LogP) is 1.45. The molecule has 7 nitrogen and oxygen atoms in total. The molecule has 2 aliphatic rings. The summed E-state index contributed by atoms with van der Waals surface area (Å²) in [5.41, 5.74) is 0.731. The normalized spacial score (nSPS) is 19.8. The minimum atomic E-state index is 0.0175. The number of hydrogen-bond donors (Lipinski definition) is 0. The van der Waals surface area contributed by atoms with Crippen LogP contribution in [0.2, 0.25) is 0 Å². The van der Waals surface area contributed by atoms with Crippen LogP contribution in [0, 0.1) is 5.41 Å². The number of hydrogen-bond acceptors (Lipinski definition) is 5. The van der Waals surface area contributed by atoms with E-state index in [-0.39, 0.29) is 17.2 Å². The lowest BCUT2D eigenvalue weighted by molar-refractivity contribution is -0.139. The Kier molecular flexibility index (Phi) is 6.09. The molecular weight excluding hydrogens is 342 g/mol. The highest BCUT2D eigenvalue weighted by atomic mass is 16.2. The first-order valence-electron chi connectivity index (χ1n) is 9.95. The van der Waals surface area contributed by atoms with Crippen LogP contribution in [0.3, 0.4) is 0 Å². The van der Waals surface area contributed by atoms with Crippen molar-refractivity contribution in [3.63, 3.8) is 0 Å². The van der Waals surface area contributed by atoms with E-state index in [1.807, 2.05) is 30.8 Å². The molecule has 1 aromatic rings. The van der Waals surface area contributed by atoms with Crippen LogP contribution in [0.1, 0.15) is 48.8 Å². The minimum absolute atomic E-state index is 0.0175. The van der Waals surface area contributed by atoms with E-state index in [9.17, 15) is 9.59 Å². The zero-order valence-corrected chi connectivity index (χ0v) is 16.8. The van der Waals surface area contributed by atoms with Crippen LogP contribution in [0.15, 0.2) is 12.4 Å². The Labute approximate surface area is 161 Å². The first-order valence-corrected chi connectivity index (χ1v) is 9.95. The highest BCUT2D eigenvalue weighted by Crippen LogP contribution is 2.40. The molecular formula is C20H31N5O2. The van der Waals surface area contributed by atoms with Gasteiger partial charge in [-0.1, -0.05) is 6.92 Å². The molecule has 0 radical (unpaired) electrons. The fraction of sp³-hybridized carbons (Fsp3) is 0.700. The van der Waals surface area contributed by atoms with E-state index >= 15 is 0 Å². The SMILES string of the molecule is CCc1ncc(C(=O)N2CCC3(CCC(=O)N(CCN(C)C)C3)CC2)cn1. The number of likely N-dealkylation sites (tertiary alicyclic amines) is 2. The summed E-state index contributed by atoms with van der Waals surface area (Å²) in [7, 11) is 4.07. The van der Waals surface area contributed by atoms with Crippen molar-refractivity contribution in [1.82, 2.24) is 24.7 Å². The van der Waals surface area contributed by atoms with E-state index in [0.717, 1.165) is 64.2 Å². The molecule has 1 spiro atoms. The maximum atomic E-state index is 12.7. The second-order valence-electron chi connectivity index (χ2n) is 8.15. The van der Waals surface area contributed by atoms with E-state index < -0.39 is 0 Å². The van der Waals surface area contributed by atoms with Crippen LogP contribution in [0.25, 0.3) is 0 Å². The Hall–Kier alpha value is -2.02. The number of aromatic nitrogens is 2. The molecule has 0 unspecified atom stereocenters. The Balaban J connectivity index is 1.58. The molecule has 2 saturated heterocycles. The summed E-state index contributed by atoms with van der Waals surface area (Å²) in [6.45, 7) is 5.99. The first kappa shape index (κ1) is 19.7. The van der Waals surface area contributed by atoms with Crippen LogP contribution in [0.5, 0.6) is 0 Å². The van der Waals surface area contributed by atoms with E-state index in [0.29, 0.717) is 12.0 Å². The van der Waals surface area contributed by atoms with Crippen molar-refractivity contribution in [3.05, 3.63) is 23.8 Å². The number of amides is 2. The first-order chi connectivity index (χ1) is 12.9. The lowest BCUT2D eigenvalue weighted by Gasteiger charge is -2.47. The van der Waals surface area contributed by atoms with Gasteiger partial charge in [-0.3, -0.25) is 9.59 Å². The molecule has 0 aliphatic carbocycles. The maximum Gasteiger partial charge on any atom is 0.256 e.